The molecule has 2 aromatic rings. The lowest BCUT2D eigenvalue weighted by atomic mass is 9.97. The first-order valence-electron chi connectivity index (χ1n) is 8.92. The van der Waals surface area contributed by atoms with E-state index in [0.29, 0.717) is 18.9 Å². The van der Waals surface area contributed by atoms with Crippen molar-refractivity contribution >= 4 is 27.5 Å². The van der Waals surface area contributed by atoms with E-state index in [9.17, 15) is 9.59 Å². The molecule has 0 aromatic carbocycles. The Morgan fingerprint density at radius 3 is 3.00 bits per heavy atom. The molecule has 1 amide bonds. The number of amides is 1. The minimum Gasteiger partial charge on any atom is -0.353 e. The van der Waals surface area contributed by atoms with Crippen LogP contribution in [-0.4, -0.2) is 21.5 Å². The fourth-order valence-corrected chi connectivity index (χ4v) is 4.82. The van der Waals surface area contributed by atoms with Crippen molar-refractivity contribution in [1.29, 1.82) is 0 Å². The number of aryl methyl sites for hydroxylation is 3. The largest absolute Gasteiger partial charge is 0.353 e. The molecule has 2 aliphatic carbocycles. The van der Waals surface area contributed by atoms with Gasteiger partial charge in [0.2, 0.25) is 5.91 Å². The van der Waals surface area contributed by atoms with Crippen LogP contribution in [-0.2, 0) is 24.2 Å². The molecule has 0 spiro atoms. The molecule has 0 saturated heterocycles. The first-order valence-corrected chi connectivity index (χ1v) is 9.74. The molecule has 4 rings (SSSR count). The predicted molar refractivity (Wildman–Crippen MR) is 95.5 cm³/mol. The Morgan fingerprint density at radius 2 is 2.21 bits per heavy atom. The van der Waals surface area contributed by atoms with Gasteiger partial charge in [-0.1, -0.05) is 0 Å². The average Bonchev–Trinajstić information content (AvgIpc) is 3.35. The van der Waals surface area contributed by atoms with Crippen LogP contribution in [0.2, 0.25) is 0 Å². The number of fused-ring (bicyclic) bond motifs is 3. The third-order valence-electron chi connectivity index (χ3n) is 5.24. The lowest BCUT2D eigenvalue weighted by molar-refractivity contribution is -0.122. The van der Waals surface area contributed by atoms with Crippen LogP contribution in [0.4, 0.5) is 0 Å². The van der Waals surface area contributed by atoms with Gasteiger partial charge in [0.25, 0.3) is 5.56 Å². The van der Waals surface area contributed by atoms with Crippen molar-refractivity contribution < 1.29 is 4.79 Å². The number of rotatable bonds is 5. The molecule has 1 N–H and O–H groups in total. The minimum atomic E-state index is 0.0161. The number of nitrogens with zero attached hydrogens (tertiary/aromatic N) is 2. The standard InChI is InChI=1S/C18H23N3O2S/c1-11(12-6-7-12)20-15(22)8-9-21-10-19-17-16(18(21)23)13-4-2-3-5-14(13)24-17/h10-12H,2-9H2,1H3,(H,20,22)/t11-/m1/s1. The summed E-state index contributed by atoms with van der Waals surface area (Å²) in [5.74, 6) is 0.667. The lowest BCUT2D eigenvalue weighted by Crippen LogP contribution is -2.35. The Bertz CT molecular complexity index is 835. The molecule has 24 heavy (non-hydrogen) atoms. The molecule has 0 radical (unpaired) electrons. The Labute approximate surface area is 145 Å². The van der Waals surface area contributed by atoms with Crippen LogP contribution in [0.15, 0.2) is 11.1 Å². The molecule has 5 nitrogen and oxygen atoms in total. The van der Waals surface area contributed by atoms with Crippen LogP contribution >= 0.6 is 11.3 Å². The molecule has 2 aliphatic rings. The number of carbonyl (C=O) groups excluding carboxylic acids is 1. The number of hydrogen-bond acceptors (Lipinski definition) is 4. The Balaban J connectivity index is 1.51. The van der Waals surface area contributed by atoms with Crippen molar-refractivity contribution in [3.8, 4) is 0 Å². The van der Waals surface area contributed by atoms with E-state index in [-0.39, 0.29) is 17.5 Å². The van der Waals surface area contributed by atoms with Crippen molar-refractivity contribution in [3.63, 3.8) is 0 Å². The van der Waals surface area contributed by atoms with E-state index in [2.05, 4.69) is 17.2 Å². The number of nitrogens with one attached hydrogen (secondary N) is 1. The summed E-state index contributed by atoms with van der Waals surface area (Å²) in [6, 6.07) is 0.249. The maximum atomic E-state index is 12.8. The maximum absolute atomic E-state index is 12.8. The zero-order valence-corrected chi connectivity index (χ0v) is 14.8. The molecular formula is C18H23N3O2S. The molecule has 6 heteroatoms. The second-order valence-electron chi connectivity index (χ2n) is 7.08. The SMILES string of the molecule is C[C@@H](NC(=O)CCn1cnc2sc3c(c2c1=O)CCCC3)C1CC1. The van der Waals surface area contributed by atoms with Crippen molar-refractivity contribution in [2.24, 2.45) is 5.92 Å². The molecule has 1 saturated carbocycles. The minimum absolute atomic E-state index is 0.0161. The Hall–Kier alpha value is -1.69. The van der Waals surface area contributed by atoms with Gasteiger partial charge < -0.3 is 5.32 Å². The summed E-state index contributed by atoms with van der Waals surface area (Å²) in [6.07, 6.45) is 8.76. The summed E-state index contributed by atoms with van der Waals surface area (Å²) < 4.78 is 1.60. The second-order valence-corrected chi connectivity index (χ2v) is 8.16. The number of thiophene rings is 1. The molecule has 0 unspecified atom stereocenters. The van der Waals surface area contributed by atoms with Crippen LogP contribution in [0.1, 0.15) is 49.5 Å². The molecular weight excluding hydrogens is 322 g/mol. The first-order chi connectivity index (χ1) is 11.6. The van der Waals surface area contributed by atoms with E-state index in [1.54, 1.807) is 22.2 Å². The molecule has 2 heterocycles. The summed E-state index contributed by atoms with van der Waals surface area (Å²) in [4.78, 5) is 31.5. The molecule has 2 aromatic heterocycles. The van der Waals surface area contributed by atoms with Gasteiger partial charge in [-0.25, -0.2) is 4.98 Å². The maximum Gasteiger partial charge on any atom is 0.262 e. The van der Waals surface area contributed by atoms with E-state index < -0.39 is 0 Å². The van der Waals surface area contributed by atoms with Gasteiger partial charge in [0.15, 0.2) is 0 Å². The summed E-state index contributed by atoms with van der Waals surface area (Å²) in [5, 5.41) is 3.84. The zero-order chi connectivity index (χ0) is 16.7. The number of hydrogen-bond donors (Lipinski definition) is 1. The van der Waals surface area contributed by atoms with Crippen molar-refractivity contribution in [1.82, 2.24) is 14.9 Å². The topological polar surface area (TPSA) is 64.0 Å². The van der Waals surface area contributed by atoms with Gasteiger partial charge in [0, 0.05) is 23.9 Å². The van der Waals surface area contributed by atoms with Gasteiger partial charge in [-0.2, -0.15) is 0 Å². The third-order valence-corrected chi connectivity index (χ3v) is 6.44. The highest BCUT2D eigenvalue weighted by Gasteiger charge is 2.28. The number of aromatic nitrogens is 2. The Kier molecular flexibility index (Phi) is 4.16. The van der Waals surface area contributed by atoms with Crippen LogP contribution in [0.3, 0.4) is 0 Å². The van der Waals surface area contributed by atoms with Gasteiger partial charge >= 0.3 is 0 Å². The van der Waals surface area contributed by atoms with Gasteiger partial charge in [0.05, 0.1) is 11.7 Å². The fourth-order valence-electron chi connectivity index (χ4n) is 3.60. The van der Waals surface area contributed by atoms with Crippen LogP contribution < -0.4 is 10.9 Å². The van der Waals surface area contributed by atoms with Gasteiger partial charge in [0.1, 0.15) is 4.83 Å². The van der Waals surface area contributed by atoms with Gasteiger partial charge in [-0.3, -0.25) is 14.2 Å². The number of carbonyl (C=O) groups is 1. The molecule has 1 atom stereocenters. The Morgan fingerprint density at radius 1 is 1.42 bits per heavy atom. The second kappa shape index (κ2) is 6.31. The van der Waals surface area contributed by atoms with Gasteiger partial charge in [-0.05, 0) is 56.9 Å². The van der Waals surface area contributed by atoms with Crippen LogP contribution in [0, 0.1) is 5.92 Å². The van der Waals surface area contributed by atoms with E-state index in [0.717, 1.165) is 29.5 Å². The normalized spacial score (nSPS) is 18.4. The monoisotopic (exact) mass is 345 g/mol. The van der Waals surface area contributed by atoms with E-state index in [4.69, 9.17) is 0 Å². The first kappa shape index (κ1) is 15.8. The summed E-state index contributed by atoms with van der Waals surface area (Å²) in [5.41, 5.74) is 1.22. The smallest absolute Gasteiger partial charge is 0.262 e. The van der Waals surface area contributed by atoms with Crippen molar-refractivity contribution in [3.05, 3.63) is 27.1 Å². The quantitative estimate of drug-likeness (QED) is 0.906. The predicted octanol–water partition coefficient (Wildman–Crippen LogP) is 2.64. The molecule has 1 fully saturated rings. The highest BCUT2D eigenvalue weighted by atomic mass is 32.1. The lowest BCUT2D eigenvalue weighted by Gasteiger charge is -2.13. The van der Waals surface area contributed by atoms with E-state index in [1.165, 1.54) is 29.7 Å². The molecule has 0 bridgehead atoms. The average molecular weight is 345 g/mol. The zero-order valence-electron chi connectivity index (χ0n) is 14.0. The van der Waals surface area contributed by atoms with E-state index >= 15 is 0 Å². The summed E-state index contributed by atoms with van der Waals surface area (Å²) in [7, 11) is 0. The molecule has 0 aliphatic heterocycles. The fraction of sp³-hybridized carbons (Fsp3) is 0.611. The van der Waals surface area contributed by atoms with Crippen LogP contribution in [0.25, 0.3) is 10.2 Å². The van der Waals surface area contributed by atoms with Crippen LogP contribution in [0.5, 0.6) is 0 Å². The third kappa shape index (κ3) is 2.99. The van der Waals surface area contributed by atoms with Crippen molar-refractivity contribution in [2.75, 3.05) is 0 Å². The molecule has 128 valence electrons. The summed E-state index contributed by atoms with van der Waals surface area (Å²) in [6.45, 7) is 2.46. The highest BCUT2D eigenvalue weighted by molar-refractivity contribution is 7.18. The van der Waals surface area contributed by atoms with E-state index in [1.807, 2.05) is 0 Å². The van der Waals surface area contributed by atoms with Crippen molar-refractivity contribution in [2.45, 2.75) is 64.5 Å². The highest BCUT2D eigenvalue weighted by Crippen LogP contribution is 2.33. The van der Waals surface area contributed by atoms with Gasteiger partial charge in [-0.15, -0.1) is 11.3 Å². The summed E-state index contributed by atoms with van der Waals surface area (Å²) >= 11 is 1.66.